The molecule has 1 unspecified atom stereocenters. The van der Waals surface area contributed by atoms with Gasteiger partial charge in [0, 0.05) is 23.8 Å². The Morgan fingerprint density at radius 2 is 1.94 bits per heavy atom. The third-order valence-electron chi connectivity index (χ3n) is 3.20. The Morgan fingerprint density at radius 3 is 2.38 bits per heavy atom. The zero-order valence-electron chi connectivity index (χ0n) is 11.1. The maximum atomic E-state index is 5.84. The van der Waals surface area contributed by atoms with Crippen molar-refractivity contribution < 1.29 is 0 Å². The third kappa shape index (κ3) is 2.46. The first-order valence-electron chi connectivity index (χ1n) is 6.48. The highest BCUT2D eigenvalue weighted by Gasteiger charge is 2.17. The van der Waals surface area contributed by atoms with Gasteiger partial charge >= 0.3 is 0 Å². The van der Waals surface area contributed by atoms with Gasteiger partial charge in [0.2, 0.25) is 0 Å². The number of hydrogen-bond acceptors (Lipinski definition) is 2. The smallest absolute Gasteiger partial charge is 0.0669 e. The lowest BCUT2D eigenvalue weighted by molar-refractivity contribution is 0.438. The molecule has 0 aromatic carbocycles. The van der Waals surface area contributed by atoms with Gasteiger partial charge < -0.3 is 5.73 Å². The fourth-order valence-electron chi connectivity index (χ4n) is 2.36. The van der Waals surface area contributed by atoms with E-state index in [-0.39, 0.29) is 0 Å². The summed E-state index contributed by atoms with van der Waals surface area (Å²) < 4.78 is 2.20. The molecule has 0 amide bonds. The highest BCUT2D eigenvalue weighted by Crippen LogP contribution is 2.22. The zero-order valence-corrected chi connectivity index (χ0v) is 11.1. The van der Waals surface area contributed by atoms with Crippen LogP contribution < -0.4 is 5.73 Å². The van der Waals surface area contributed by atoms with E-state index < -0.39 is 0 Å². The highest BCUT2D eigenvalue weighted by molar-refractivity contribution is 5.27. The lowest BCUT2D eigenvalue weighted by Gasteiger charge is -2.14. The minimum Gasteiger partial charge on any atom is -0.326 e. The number of nitrogens with two attached hydrogens (primary N) is 1. The minimum absolute atomic E-state index is 0.491. The maximum Gasteiger partial charge on any atom is 0.0669 e. The van der Waals surface area contributed by atoms with Crippen LogP contribution in [0.2, 0.25) is 0 Å². The van der Waals surface area contributed by atoms with Crippen molar-refractivity contribution >= 4 is 0 Å². The summed E-state index contributed by atoms with van der Waals surface area (Å²) in [4.78, 5) is 0. The van der Waals surface area contributed by atoms with Crippen LogP contribution in [-0.2, 0) is 19.4 Å². The fraction of sp³-hybridized carbons (Fsp3) is 0.769. The fourth-order valence-corrected chi connectivity index (χ4v) is 2.36. The van der Waals surface area contributed by atoms with Crippen LogP contribution in [0.3, 0.4) is 0 Å². The van der Waals surface area contributed by atoms with E-state index in [1.807, 2.05) is 0 Å². The summed E-state index contributed by atoms with van der Waals surface area (Å²) in [6, 6.07) is 0.491. The van der Waals surface area contributed by atoms with Gasteiger partial charge in [0.25, 0.3) is 0 Å². The SMILES string of the molecule is CCCC(C)n1nc(CC)c(CN)c1CC. The van der Waals surface area contributed by atoms with E-state index in [0.717, 1.165) is 12.8 Å². The van der Waals surface area contributed by atoms with Crippen LogP contribution in [-0.4, -0.2) is 9.78 Å². The van der Waals surface area contributed by atoms with Crippen molar-refractivity contribution in [1.82, 2.24) is 9.78 Å². The van der Waals surface area contributed by atoms with Crippen LogP contribution in [0.4, 0.5) is 0 Å². The predicted octanol–water partition coefficient (Wildman–Crippen LogP) is 2.83. The summed E-state index contributed by atoms with van der Waals surface area (Å²) in [5, 5.41) is 4.73. The molecule has 1 aromatic rings. The molecule has 3 nitrogen and oxygen atoms in total. The van der Waals surface area contributed by atoms with Crippen molar-refractivity contribution in [3.63, 3.8) is 0 Å². The van der Waals surface area contributed by atoms with Gasteiger partial charge in [-0.25, -0.2) is 0 Å². The van der Waals surface area contributed by atoms with Gasteiger partial charge in [-0.2, -0.15) is 5.10 Å². The van der Waals surface area contributed by atoms with Crippen LogP contribution in [0.15, 0.2) is 0 Å². The maximum absolute atomic E-state index is 5.84. The molecule has 2 N–H and O–H groups in total. The Morgan fingerprint density at radius 1 is 1.25 bits per heavy atom. The van der Waals surface area contributed by atoms with Gasteiger partial charge in [0.05, 0.1) is 5.69 Å². The molecule has 0 aliphatic rings. The van der Waals surface area contributed by atoms with Crippen molar-refractivity contribution in [1.29, 1.82) is 0 Å². The van der Waals surface area contributed by atoms with E-state index in [2.05, 4.69) is 32.4 Å². The molecule has 0 saturated carbocycles. The van der Waals surface area contributed by atoms with Crippen LogP contribution >= 0.6 is 0 Å². The first-order chi connectivity index (χ1) is 7.69. The van der Waals surface area contributed by atoms with Crippen molar-refractivity contribution in [3.05, 3.63) is 17.0 Å². The summed E-state index contributed by atoms with van der Waals surface area (Å²) in [5.41, 5.74) is 9.62. The normalized spacial score (nSPS) is 13.1. The molecule has 0 saturated heterocycles. The number of aryl methyl sites for hydroxylation is 1. The second-order valence-electron chi connectivity index (χ2n) is 4.37. The average Bonchev–Trinajstić information content (AvgIpc) is 2.66. The number of aromatic nitrogens is 2. The Balaban J connectivity index is 3.12. The van der Waals surface area contributed by atoms with Gasteiger partial charge in [-0.05, 0) is 26.2 Å². The molecule has 1 aromatic heterocycles. The monoisotopic (exact) mass is 223 g/mol. The molecule has 1 heterocycles. The summed E-state index contributed by atoms with van der Waals surface area (Å²) in [6.07, 6.45) is 4.38. The van der Waals surface area contributed by atoms with E-state index >= 15 is 0 Å². The van der Waals surface area contributed by atoms with Gasteiger partial charge in [0.1, 0.15) is 0 Å². The quantitative estimate of drug-likeness (QED) is 0.806. The molecule has 0 aliphatic heterocycles. The highest BCUT2D eigenvalue weighted by atomic mass is 15.3. The van der Waals surface area contributed by atoms with Crippen molar-refractivity contribution in [2.24, 2.45) is 5.73 Å². The molecule has 0 fully saturated rings. The minimum atomic E-state index is 0.491. The summed E-state index contributed by atoms with van der Waals surface area (Å²) in [6.45, 7) is 9.41. The molecular weight excluding hydrogens is 198 g/mol. The van der Waals surface area contributed by atoms with E-state index in [1.165, 1.54) is 29.8 Å². The van der Waals surface area contributed by atoms with Crippen molar-refractivity contribution in [2.45, 2.75) is 66.0 Å². The first kappa shape index (κ1) is 13.2. The summed E-state index contributed by atoms with van der Waals surface area (Å²) in [7, 11) is 0. The predicted molar refractivity (Wildman–Crippen MR) is 68.5 cm³/mol. The van der Waals surface area contributed by atoms with E-state index in [1.54, 1.807) is 0 Å². The van der Waals surface area contributed by atoms with E-state index in [0.29, 0.717) is 12.6 Å². The summed E-state index contributed by atoms with van der Waals surface area (Å²) >= 11 is 0. The van der Waals surface area contributed by atoms with Gasteiger partial charge in [-0.15, -0.1) is 0 Å². The average molecular weight is 223 g/mol. The second-order valence-corrected chi connectivity index (χ2v) is 4.37. The van der Waals surface area contributed by atoms with Gasteiger partial charge in [-0.1, -0.05) is 27.2 Å². The van der Waals surface area contributed by atoms with E-state index in [9.17, 15) is 0 Å². The molecule has 3 heteroatoms. The molecule has 1 atom stereocenters. The van der Waals surface area contributed by atoms with E-state index in [4.69, 9.17) is 10.8 Å². The molecule has 92 valence electrons. The Kier molecular flexibility index (Phi) is 5.00. The lowest BCUT2D eigenvalue weighted by Crippen LogP contribution is -2.11. The molecule has 0 bridgehead atoms. The largest absolute Gasteiger partial charge is 0.326 e. The van der Waals surface area contributed by atoms with Crippen molar-refractivity contribution in [2.75, 3.05) is 0 Å². The van der Waals surface area contributed by atoms with Crippen LogP contribution in [0.1, 0.15) is 63.5 Å². The number of rotatable bonds is 6. The summed E-state index contributed by atoms with van der Waals surface area (Å²) in [5.74, 6) is 0. The Bertz CT molecular complexity index is 328. The van der Waals surface area contributed by atoms with Gasteiger partial charge in [0.15, 0.2) is 0 Å². The molecule has 1 rings (SSSR count). The first-order valence-corrected chi connectivity index (χ1v) is 6.48. The molecule has 0 aliphatic carbocycles. The lowest BCUT2D eigenvalue weighted by atomic mass is 10.1. The molecule has 0 spiro atoms. The Labute approximate surface area is 99.0 Å². The van der Waals surface area contributed by atoms with Crippen molar-refractivity contribution in [3.8, 4) is 0 Å². The number of nitrogens with zero attached hydrogens (tertiary/aromatic N) is 2. The molecular formula is C13H25N3. The zero-order chi connectivity index (χ0) is 12.1. The topological polar surface area (TPSA) is 43.8 Å². The third-order valence-corrected chi connectivity index (χ3v) is 3.20. The van der Waals surface area contributed by atoms with Gasteiger partial charge in [-0.3, -0.25) is 4.68 Å². The van der Waals surface area contributed by atoms with Crippen LogP contribution in [0, 0.1) is 0 Å². The second kappa shape index (κ2) is 6.04. The molecule has 16 heavy (non-hydrogen) atoms. The van der Waals surface area contributed by atoms with Crippen LogP contribution in [0.5, 0.6) is 0 Å². The standard InChI is InChI=1S/C13H25N3/c1-5-8-10(4)16-13(7-3)11(9-14)12(6-2)15-16/h10H,5-9,14H2,1-4H3. The number of hydrogen-bond donors (Lipinski definition) is 1. The molecule has 0 radical (unpaired) electrons. The Hall–Kier alpha value is -0.830. The van der Waals surface area contributed by atoms with Crippen LogP contribution in [0.25, 0.3) is 0 Å².